The summed E-state index contributed by atoms with van der Waals surface area (Å²) in [6, 6.07) is 26.3. The largest absolute Gasteiger partial charge is 0.369 e. The number of fused-ring (bicyclic) bond motifs is 5. The maximum absolute atomic E-state index is 6.36. The van der Waals surface area contributed by atoms with Gasteiger partial charge in [0.2, 0.25) is 0 Å². The van der Waals surface area contributed by atoms with Crippen LogP contribution in [0.15, 0.2) is 72.8 Å². The van der Waals surface area contributed by atoms with Crippen LogP contribution < -0.4 is 0 Å². The highest BCUT2D eigenvalue weighted by Gasteiger charge is 2.23. The van der Waals surface area contributed by atoms with E-state index in [1.165, 1.54) is 50.2 Å². The monoisotopic (exact) mass is 352 g/mol. The number of hydrogen-bond acceptors (Lipinski definition) is 1. The zero-order chi connectivity index (χ0) is 18.2. The summed E-state index contributed by atoms with van der Waals surface area (Å²) < 4.78 is 6.36. The van der Waals surface area contributed by atoms with Gasteiger partial charge < -0.3 is 4.74 Å². The Bertz CT molecular complexity index is 1110. The smallest absolute Gasteiger partial charge is 0.0832 e. The predicted molar refractivity (Wildman–Crippen MR) is 113 cm³/mol. The average Bonchev–Trinajstić information content (AvgIpc) is 2.73. The first-order valence-electron chi connectivity index (χ1n) is 9.90. The third-order valence-corrected chi connectivity index (χ3v) is 5.93. The molecule has 4 aromatic rings. The Morgan fingerprint density at radius 3 is 2.41 bits per heavy atom. The van der Waals surface area contributed by atoms with E-state index in [1.54, 1.807) is 0 Å². The normalized spacial score (nSPS) is 16.6. The Morgan fingerprint density at radius 2 is 1.56 bits per heavy atom. The fourth-order valence-electron chi connectivity index (χ4n) is 4.58. The first-order valence-corrected chi connectivity index (χ1v) is 9.90. The van der Waals surface area contributed by atoms with Gasteiger partial charge in [-0.1, -0.05) is 72.8 Å². The van der Waals surface area contributed by atoms with Crippen LogP contribution in [0.2, 0.25) is 0 Å². The number of benzene rings is 4. The van der Waals surface area contributed by atoms with Crippen LogP contribution in [-0.2, 0) is 17.8 Å². The third-order valence-electron chi connectivity index (χ3n) is 5.93. The lowest BCUT2D eigenvalue weighted by molar-refractivity contribution is 0.0284. The van der Waals surface area contributed by atoms with Gasteiger partial charge in [-0.25, -0.2) is 0 Å². The molecule has 27 heavy (non-hydrogen) atoms. The highest BCUT2D eigenvalue weighted by molar-refractivity contribution is 6.10. The van der Waals surface area contributed by atoms with Gasteiger partial charge in [0.1, 0.15) is 0 Å². The molecule has 134 valence electrons. The number of rotatable bonds is 3. The highest BCUT2D eigenvalue weighted by atomic mass is 16.5. The van der Waals surface area contributed by atoms with Crippen molar-refractivity contribution in [3.8, 4) is 0 Å². The summed E-state index contributed by atoms with van der Waals surface area (Å²) in [4.78, 5) is 0. The zero-order valence-corrected chi connectivity index (χ0v) is 15.7. The SMILES string of the molecule is Cc1cc2c3c(ccc2c2ccccc12)C(OCc1ccccc1)CCC3. The molecular weight excluding hydrogens is 328 g/mol. The Kier molecular flexibility index (Phi) is 4.18. The van der Waals surface area contributed by atoms with Crippen molar-refractivity contribution in [3.05, 3.63) is 95.1 Å². The molecule has 1 aliphatic rings. The van der Waals surface area contributed by atoms with Crippen molar-refractivity contribution in [1.29, 1.82) is 0 Å². The van der Waals surface area contributed by atoms with Crippen LogP contribution in [0.4, 0.5) is 0 Å². The molecule has 0 heterocycles. The summed E-state index contributed by atoms with van der Waals surface area (Å²) in [7, 11) is 0. The molecule has 4 aromatic carbocycles. The van der Waals surface area contributed by atoms with Crippen molar-refractivity contribution in [2.45, 2.75) is 38.9 Å². The van der Waals surface area contributed by atoms with Crippen molar-refractivity contribution in [2.24, 2.45) is 0 Å². The summed E-state index contributed by atoms with van der Waals surface area (Å²) in [5.41, 5.74) is 5.48. The van der Waals surface area contributed by atoms with Crippen LogP contribution in [0.25, 0.3) is 21.5 Å². The van der Waals surface area contributed by atoms with Gasteiger partial charge in [-0.3, -0.25) is 0 Å². The van der Waals surface area contributed by atoms with Gasteiger partial charge in [-0.05, 0) is 70.0 Å². The van der Waals surface area contributed by atoms with Crippen LogP contribution >= 0.6 is 0 Å². The number of hydrogen-bond donors (Lipinski definition) is 0. The van der Waals surface area contributed by atoms with E-state index in [0.29, 0.717) is 6.61 Å². The zero-order valence-electron chi connectivity index (χ0n) is 15.7. The highest BCUT2D eigenvalue weighted by Crippen LogP contribution is 2.39. The van der Waals surface area contributed by atoms with Gasteiger partial charge in [-0.15, -0.1) is 0 Å². The molecule has 1 unspecified atom stereocenters. The van der Waals surface area contributed by atoms with Gasteiger partial charge in [0.25, 0.3) is 0 Å². The third kappa shape index (κ3) is 2.93. The van der Waals surface area contributed by atoms with E-state index >= 15 is 0 Å². The molecular formula is C26H24O. The number of ether oxygens (including phenoxy) is 1. The minimum Gasteiger partial charge on any atom is -0.369 e. The van der Waals surface area contributed by atoms with E-state index in [1.807, 2.05) is 0 Å². The fraction of sp³-hybridized carbons (Fsp3) is 0.231. The molecule has 0 N–H and O–H groups in total. The second-order valence-corrected chi connectivity index (χ2v) is 7.64. The van der Waals surface area contributed by atoms with Crippen molar-refractivity contribution >= 4 is 21.5 Å². The van der Waals surface area contributed by atoms with Crippen molar-refractivity contribution in [1.82, 2.24) is 0 Å². The molecule has 0 fully saturated rings. The molecule has 0 aliphatic heterocycles. The van der Waals surface area contributed by atoms with Crippen molar-refractivity contribution in [2.75, 3.05) is 0 Å². The van der Waals surface area contributed by atoms with Crippen molar-refractivity contribution in [3.63, 3.8) is 0 Å². The Morgan fingerprint density at radius 1 is 0.815 bits per heavy atom. The summed E-state index contributed by atoms with van der Waals surface area (Å²) in [5, 5.41) is 5.51. The standard InChI is InChI=1S/C26H24O/c1-18-16-25-22-12-7-13-26(27-17-19-8-3-2-4-9-19)24(22)15-14-23(25)21-11-6-5-10-20(18)21/h2-6,8-11,14-16,26H,7,12-13,17H2,1H3. The minimum atomic E-state index is 0.199. The lowest BCUT2D eigenvalue weighted by Gasteiger charge is -2.27. The molecule has 1 heteroatoms. The van der Waals surface area contributed by atoms with E-state index in [2.05, 4.69) is 79.7 Å². The summed E-state index contributed by atoms with van der Waals surface area (Å²) in [6.45, 7) is 2.91. The molecule has 1 aliphatic carbocycles. The van der Waals surface area contributed by atoms with Crippen molar-refractivity contribution < 1.29 is 4.74 Å². The van der Waals surface area contributed by atoms with Crippen LogP contribution in [0.3, 0.4) is 0 Å². The second-order valence-electron chi connectivity index (χ2n) is 7.64. The van der Waals surface area contributed by atoms with Crippen LogP contribution in [0.5, 0.6) is 0 Å². The van der Waals surface area contributed by atoms with Gasteiger partial charge in [0.15, 0.2) is 0 Å². The number of aryl methyl sites for hydroxylation is 2. The van der Waals surface area contributed by atoms with Gasteiger partial charge in [0.05, 0.1) is 12.7 Å². The molecule has 0 saturated heterocycles. The topological polar surface area (TPSA) is 9.23 Å². The second kappa shape index (κ2) is 6.83. The lowest BCUT2D eigenvalue weighted by Crippen LogP contribution is -2.13. The minimum absolute atomic E-state index is 0.199. The molecule has 0 spiro atoms. The molecule has 0 amide bonds. The van der Waals surface area contributed by atoms with Crippen LogP contribution in [0.1, 0.15) is 41.2 Å². The van der Waals surface area contributed by atoms with Gasteiger partial charge >= 0.3 is 0 Å². The first-order chi connectivity index (χ1) is 13.3. The van der Waals surface area contributed by atoms with E-state index in [9.17, 15) is 0 Å². The van der Waals surface area contributed by atoms with Gasteiger partial charge in [0, 0.05) is 0 Å². The lowest BCUT2D eigenvalue weighted by atomic mass is 9.84. The molecule has 1 atom stereocenters. The Hall–Kier alpha value is -2.64. The molecule has 0 saturated carbocycles. The molecule has 0 aromatic heterocycles. The molecule has 0 bridgehead atoms. The molecule has 0 radical (unpaired) electrons. The molecule has 5 rings (SSSR count). The quantitative estimate of drug-likeness (QED) is 0.365. The summed E-state index contributed by atoms with van der Waals surface area (Å²) in [5.74, 6) is 0. The predicted octanol–water partition coefficient (Wildman–Crippen LogP) is 6.90. The fourth-order valence-corrected chi connectivity index (χ4v) is 4.58. The molecule has 1 nitrogen and oxygen atoms in total. The van der Waals surface area contributed by atoms with Gasteiger partial charge in [-0.2, -0.15) is 0 Å². The van der Waals surface area contributed by atoms with E-state index in [0.717, 1.165) is 12.8 Å². The van der Waals surface area contributed by atoms with E-state index < -0.39 is 0 Å². The Balaban J connectivity index is 1.58. The maximum Gasteiger partial charge on any atom is 0.0832 e. The van der Waals surface area contributed by atoms with Crippen LogP contribution in [-0.4, -0.2) is 0 Å². The maximum atomic E-state index is 6.36. The first kappa shape index (κ1) is 16.5. The van der Waals surface area contributed by atoms with E-state index in [4.69, 9.17) is 4.74 Å². The Labute approximate surface area is 160 Å². The average molecular weight is 352 g/mol. The van der Waals surface area contributed by atoms with E-state index in [-0.39, 0.29) is 6.10 Å². The summed E-state index contributed by atoms with van der Waals surface area (Å²) >= 11 is 0. The summed E-state index contributed by atoms with van der Waals surface area (Å²) in [6.07, 6.45) is 3.65. The van der Waals surface area contributed by atoms with Crippen LogP contribution in [0, 0.1) is 6.92 Å².